The number of nitrogens with zero attached hydrogens (tertiary/aromatic N) is 1. The van der Waals surface area contributed by atoms with Crippen LogP contribution in [-0.2, 0) is 4.74 Å². The maximum absolute atomic E-state index is 5.83. The van der Waals surface area contributed by atoms with Gasteiger partial charge in [-0.1, -0.05) is 6.92 Å². The summed E-state index contributed by atoms with van der Waals surface area (Å²) in [7, 11) is 2.19. The molecule has 90 valence electrons. The molecule has 1 aliphatic heterocycles. The molecule has 0 bridgehead atoms. The van der Waals surface area contributed by atoms with Gasteiger partial charge in [-0.15, -0.1) is 0 Å². The van der Waals surface area contributed by atoms with E-state index in [-0.39, 0.29) is 0 Å². The van der Waals surface area contributed by atoms with Crippen molar-refractivity contribution in [3.63, 3.8) is 0 Å². The molecule has 1 aliphatic rings. The van der Waals surface area contributed by atoms with Crippen molar-refractivity contribution >= 4 is 11.8 Å². The largest absolute Gasteiger partial charge is 0.380 e. The van der Waals surface area contributed by atoms with Crippen LogP contribution in [0.2, 0.25) is 0 Å². The fourth-order valence-corrected chi connectivity index (χ4v) is 2.72. The molecule has 2 N–H and O–H groups in total. The fraction of sp³-hybridized carbons (Fsp3) is 1.00. The van der Waals surface area contributed by atoms with Crippen LogP contribution >= 0.6 is 11.8 Å². The normalized spacial score (nSPS) is 23.6. The second-order valence-corrected chi connectivity index (χ2v) is 5.45. The van der Waals surface area contributed by atoms with Gasteiger partial charge in [0, 0.05) is 25.2 Å². The number of ether oxygens (including phenoxy) is 1. The molecule has 1 fully saturated rings. The van der Waals surface area contributed by atoms with Crippen molar-refractivity contribution in [2.24, 2.45) is 5.73 Å². The Bertz CT molecular complexity index is 163. The summed E-state index contributed by atoms with van der Waals surface area (Å²) in [5, 5.41) is 0. The van der Waals surface area contributed by atoms with Gasteiger partial charge in [-0.05, 0) is 31.4 Å². The zero-order valence-electron chi connectivity index (χ0n) is 9.95. The molecule has 1 rings (SSSR count). The highest BCUT2D eigenvalue weighted by Gasteiger charge is 2.25. The topological polar surface area (TPSA) is 38.5 Å². The summed E-state index contributed by atoms with van der Waals surface area (Å²) in [4.78, 5) is 2.42. The molecule has 4 heteroatoms. The number of likely N-dealkylation sites (N-methyl/N-ethyl adjacent to an activating group) is 1. The zero-order chi connectivity index (χ0) is 11.1. The van der Waals surface area contributed by atoms with Crippen molar-refractivity contribution in [3.05, 3.63) is 0 Å². The summed E-state index contributed by atoms with van der Waals surface area (Å²) in [5.74, 6) is 2.42. The maximum atomic E-state index is 5.83. The number of nitrogens with two attached hydrogens (primary N) is 1. The molecular weight excluding hydrogens is 208 g/mol. The van der Waals surface area contributed by atoms with Crippen molar-refractivity contribution in [1.82, 2.24) is 4.90 Å². The van der Waals surface area contributed by atoms with Crippen molar-refractivity contribution in [2.45, 2.75) is 31.8 Å². The van der Waals surface area contributed by atoms with Crippen molar-refractivity contribution < 1.29 is 4.74 Å². The van der Waals surface area contributed by atoms with Crippen LogP contribution in [0.5, 0.6) is 0 Å². The summed E-state index contributed by atoms with van der Waals surface area (Å²) in [6, 6.07) is 1.11. The zero-order valence-corrected chi connectivity index (χ0v) is 10.8. The van der Waals surface area contributed by atoms with Crippen LogP contribution in [0.3, 0.4) is 0 Å². The smallest absolute Gasteiger partial charge is 0.0622 e. The van der Waals surface area contributed by atoms with Crippen LogP contribution in [0, 0.1) is 0 Å². The van der Waals surface area contributed by atoms with Gasteiger partial charge in [0.15, 0.2) is 0 Å². The fourth-order valence-electron chi connectivity index (χ4n) is 1.99. The Hall–Kier alpha value is 0.230. The quantitative estimate of drug-likeness (QED) is 0.669. The van der Waals surface area contributed by atoms with E-state index in [1.54, 1.807) is 0 Å². The Balaban J connectivity index is 2.28. The first-order valence-electron chi connectivity index (χ1n) is 5.87. The lowest BCUT2D eigenvalue weighted by Crippen LogP contribution is -2.44. The monoisotopic (exact) mass is 232 g/mol. The Labute approximate surface area is 97.7 Å². The molecule has 2 atom stereocenters. The van der Waals surface area contributed by atoms with E-state index in [2.05, 4.69) is 18.9 Å². The number of rotatable bonds is 7. The summed E-state index contributed by atoms with van der Waals surface area (Å²) < 4.78 is 5.41. The molecule has 0 spiro atoms. The first kappa shape index (κ1) is 13.3. The highest BCUT2D eigenvalue weighted by molar-refractivity contribution is 7.99. The molecule has 3 nitrogen and oxygen atoms in total. The highest BCUT2D eigenvalue weighted by Crippen LogP contribution is 2.16. The van der Waals surface area contributed by atoms with Gasteiger partial charge >= 0.3 is 0 Å². The standard InChI is InChI=1S/C11H24N2OS/c1-3-15-7-5-10(8-12)13(2)11-4-6-14-9-11/h10-11H,3-9,12H2,1-2H3. The van der Waals surface area contributed by atoms with Crippen molar-refractivity contribution in [1.29, 1.82) is 0 Å². The van der Waals surface area contributed by atoms with E-state index in [4.69, 9.17) is 10.5 Å². The van der Waals surface area contributed by atoms with Crippen LogP contribution in [-0.4, -0.2) is 55.3 Å². The summed E-state index contributed by atoms with van der Waals surface area (Å²) in [5.41, 5.74) is 5.83. The SMILES string of the molecule is CCSCCC(CN)N(C)C1CCOC1. The molecule has 2 unspecified atom stereocenters. The van der Waals surface area contributed by atoms with Crippen LogP contribution in [0.1, 0.15) is 19.8 Å². The first-order valence-corrected chi connectivity index (χ1v) is 7.02. The number of hydrogen-bond donors (Lipinski definition) is 1. The third-order valence-corrected chi connectivity index (χ3v) is 4.06. The van der Waals surface area contributed by atoms with Gasteiger partial charge in [-0.2, -0.15) is 11.8 Å². The van der Waals surface area contributed by atoms with Gasteiger partial charge in [0.2, 0.25) is 0 Å². The second-order valence-electron chi connectivity index (χ2n) is 4.06. The van der Waals surface area contributed by atoms with Crippen molar-refractivity contribution in [2.75, 3.05) is 38.3 Å². The molecule has 1 heterocycles. The molecule has 0 radical (unpaired) electrons. The summed E-state index contributed by atoms with van der Waals surface area (Å²) in [6.45, 7) is 4.76. The van der Waals surface area contributed by atoms with E-state index >= 15 is 0 Å². The van der Waals surface area contributed by atoms with E-state index in [0.29, 0.717) is 12.1 Å². The predicted octanol–water partition coefficient (Wildman–Crippen LogP) is 1.18. The minimum Gasteiger partial charge on any atom is -0.380 e. The molecule has 0 amide bonds. The van der Waals surface area contributed by atoms with Gasteiger partial charge in [0.05, 0.1) is 6.61 Å². The molecule has 0 saturated carbocycles. The molecule has 1 saturated heterocycles. The summed E-state index contributed by atoms with van der Waals surface area (Å²) in [6.07, 6.45) is 2.36. The minimum atomic E-state index is 0.524. The van der Waals surface area contributed by atoms with E-state index in [9.17, 15) is 0 Å². The van der Waals surface area contributed by atoms with Gasteiger partial charge in [0.25, 0.3) is 0 Å². The van der Waals surface area contributed by atoms with Crippen LogP contribution in [0.4, 0.5) is 0 Å². The lowest BCUT2D eigenvalue weighted by molar-refractivity contribution is 0.133. The highest BCUT2D eigenvalue weighted by atomic mass is 32.2. The predicted molar refractivity (Wildman–Crippen MR) is 67.4 cm³/mol. The molecular formula is C11H24N2OS. The van der Waals surface area contributed by atoms with Gasteiger partial charge < -0.3 is 10.5 Å². The summed E-state index contributed by atoms with van der Waals surface area (Å²) >= 11 is 2.00. The first-order chi connectivity index (χ1) is 7.29. The lowest BCUT2D eigenvalue weighted by atomic mass is 10.1. The Morgan fingerprint density at radius 3 is 2.93 bits per heavy atom. The molecule has 0 aromatic carbocycles. The van der Waals surface area contributed by atoms with E-state index in [1.807, 2.05) is 11.8 Å². The number of thioether (sulfide) groups is 1. The molecule has 0 aromatic heterocycles. The Morgan fingerprint density at radius 2 is 2.40 bits per heavy atom. The van der Waals surface area contributed by atoms with Crippen LogP contribution in [0.25, 0.3) is 0 Å². The van der Waals surface area contributed by atoms with E-state index < -0.39 is 0 Å². The lowest BCUT2D eigenvalue weighted by Gasteiger charge is -2.31. The van der Waals surface area contributed by atoms with Gasteiger partial charge in [-0.3, -0.25) is 4.90 Å². The third kappa shape index (κ3) is 4.31. The van der Waals surface area contributed by atoms with Crippen LogP contribution < -0.4 is 5.73 Å². The molecule has 15 heavy (non-hydrogen) atoms. The van der Waals surface area contributed by atoms with Gasteiger partial charge in [0.1, 0.15) is 0 Å². The Morgan fingerprint density at radius 1 is 1.60 bits per heavy atom. The number of hydrogen-bond acceptors (Lipinski definition) is 4. The average Bonchev–Trinajstić information content (AvgIpc) is 2.77. The van der Waals surface area contributed by atoms with Crippen molar-refractivity contribution in [3.8, 4) is 0 Å². The minimum absolute atomic E-state index is 0.524. The molecule has 0 aliphatic carbocycles. The van der Waals surface area contributed by atoms with Crippen LogP contribution in [0.15, 0.2) is 0 Å². The Kier molecular flexibility index (Phi) is 6.64. The third-order valence-electron chi connectivity index (χ3n) is 3.13. The second kappa shape index (κ2) is 7.49. The average molecular weight is 232 g/mol. The van der Waals surface area contributed by atoms with E-state index in [1.165, 1.54) is 17.9 Å². The molecule has 0 aromatic rings. The van der Waals surface area contributed by atoms with E-state index in [0.717, 1.165) is 26.2 Å². The maximum Gasteiger partial charge on any atom is 0.0622 e. The van der Waals surface area contributed by atoms with Gasteiger partial charge in [-0.25, -0.2) is 0 Å².